The maximum Gasteiger partial charge on any atom is 0.226 e. The van der Waals surface area contributed by atoms with Crippen LogP contribution < -0.4 is 5.32 Å². The Kier molecular flexibility index (Phi) is 5.83. The second kappa shape index (κ2) is 7.62. The average Bonchev–Trinajstić information content (AvgIpc) is 3.30. The van der Waals surface area contributed by atoms with Crippen molar-refractivity contribution in [3.8, 4) is 0 Å². The lowest BCUT2D eigenvalue weighted by molar-refractivity contribution is -0.134. The monoisotopic (exact) mass is 292 g/mol. The lowest BCUT2D eigenvalue weighted by atomic mass is 9.97. The van der Waals surface area contributed by atoms with E-state index in [4.69, 9.17) is 0 Å². The molecule has 0 aromatic heterocycles. The summed E-state index contributed by atoms with van der Waals surface area (Å²) in [7, 11) is 0. The molecule has 2 rings (SSSR count). The molecule has 1 N–H and O–H groups in total. The van der Waals surface area contributed by atoms with Crippen LogP contribution in [-0.2, 0) is 9.59 Å². The van der Waals surface area contributed by atoms with E-state index in [2.05, 4.69) is 11.4 Å². The number of carbonyl (C=O) groups is 2. The Morgan fingerprint density at radius 1 is 1.24 bits per heavy atom. The van der Waals surface area contributed by atoms with Crippen LogP contribution in [0.3, 0.4) is 0 Å². The number of nitrogens with one attached hydrogen (secondary N) is 1. The summed E-state index contributed by atoms with van der Waals surface area (Å²) in [5, 5.41) is 3.00. The Morgan fingerprint density at radius 3 is 2.62 bits per heavy atom. The molecule has 0 heterocycles. The van der Waals surface area contributed by atoms with E-state index < -0.39 is 0 Å². The minimum absolute atomic E-state index is 0.0666. The molecule has 4 heteroatoms. The molecule has 2 aliphatic rings. The van der Waals surface area contributed by atoms with Crippen molar-refractivity contribution in [1.29, 1.82) is 0 Å². The highest BCUT2D eigenvalue weighted by atomic mass is 16.2. The van der Waals surface area contributed by atoms with Crippen molar-refractivity contribution in [2.24, 2.45) is 11.8 Å². The molecule has 21 heavy (non-hydrogen) atoms. The van der Waals surface area contributed by atoms with Crippen molar-refractivity contribution in [1.82, 2.24) is 10.2 Å². The molecule has 2 atom stereocenters. The van der Waals surface area contributed by atoms with E-state index in [1.807, 2.05) is 18.7 Å². The van der Waals surface area contributed by atoms with Gasteiger partial charge >= 0.3 is 0 Å². The molecule has 0 saturated heterocycles. The molecule has 1 saturated carbocycles. The SMILES string of the molecule is CCN(CC)C(=O)C1CC1C(=O)NCCC1=CCCCC1. The first-order valence-electron chi connectivity index (χ1n) is 8.41. The van der Waals surface area contributed by atoms with Crippen LogP contribution in [0.1, 0.15) is 52.4 Å². The van der Waals surface area contributed by atoms with Crippen LogP contribution in [0.5, 0.6) is 0 Å². The fourth-order valence-corrected chi connectivity index (χ4v) is 3.14. The minimum Gasteiger partial charge on any atom is -0.356 e. The standard InChI is InChI=1S/C17H28N2O2/c1-3-19(4-2)17(21)15-12-14(15)16(20)18-11-10-13-8-6-5-7-9-13/h8,14-15H,3-7,9-12H2,1-2H3,(H,18,20). The predicted molar refractivity (Wildman–Crippen MR) is 83.7 cm³/mol. The number of hydrogen-bond acceptors (Lipinski definition) is 2. The number of rotatable bonds is 7. The maximum absolute atomic E-state index is 12.1. The van der Waals surface area contributed by atoms with Crippen LogP contribution in [0.15, 0.2) is 11.6 Å². The largest absolute Gasteiger partial charge is 0.356 e. The predicted octanol–water partition coefficient (Wildman–Crippen LogP) is 2.50. The Hall–Kier alpha value is -1.32. The number of carbonyl (C=O) groups excluding carboxylic acids is 2. The smallest absolute Gasteiger partial charge is 0.226 e. The van der Waals surface area contributed by atoms with Crippen molar-refractivity contribution in [3.05, 3.63) is 11.6 Å². The van der Waals surface area contributed by atoms with Crippen LogP contribution in [0.4, 0.5) is 0 Å². The van der Waals surface area contributed by atoms with Gasteiger partial charge in [-0.3, -0.25) is 9.59 Å². The Labute approximate surface area is 128 Å². The quantitative estimate of drug-likeness (QED) is 0.733. The average molecular weight is 292 g/mol. The highest BCUT2D eigenvalue weighted by Gasteiger charge is 2.48. The van der Waals surface area contributed by atoms with Crippen LogP contribution in [0, 0.1) is 11.8 Å². The van der Waals surface area contributed by atoms with Gasteiger partial charge in [0.1, 0.15) is 0 Å². The number of hydrogen-bond donors (Lipinski definition) is 1. The third-order valence-electron chi connectivity index (χ3n) is 4.65. The van der Waals surface area contributed by atoms with E-state index in [0.29, 0.717) is 6.54 Å². The van der Waals surface area contributed by atoms with Gasteiger partial charge in [0, 0.05) is 19.6 Å². The summed E-state index contributed by atoms with van der Waals surface area (Å²) in [5.74, 6) is 0.0595. The molecule has 1 fully saturated rings. The molecule has 4 nitrogen and oxygen atoms in total. The van der Waals surface area contributed by atoms with E-state index in [0.717, 1.165) is 25.9 Å². The summed E-state index contributed by atoms with van der Waals surface area (Å²) in [6.07, 6.45) is 8.96. The van der Waals surface area contributed by atoms with Gasteiger partial charge in [-0.1, -0.05) is 11.6 Å². The van der Waals surface area contributed by atoms with Crippen LogP contribution in [0.25, 0.3) is 0 Å². The van der Waals surface area contributed by atoms with Gasteiger partial charge in [-0.25, -0.2) is 0 Å². The molecular formula is C17H28N2O2. The molecule has 2 unspecified atom stereocenters. The first-order chi connectivity index (χ1) is 10.2. The Morgan fingerprint density at radius 2 is 2.00 bits per heavy atom. The lowest BCUT2D eigenvalue weighted by Gasteiger charge is -2.18. The first-order valence-corrected chi connectivity index (χ1v) is 8.41. The molecular weight excluding hydrogens is 264 g/mol. The molecule has 0 radical (unpaired) electrons. The van der Waals surface area contributed by atoms with Gasteiger partial charge < -0.3 is 10.2 Å². The normalized spacial score (nSPS) is 24.2. The van der Waals surface area contributed by atoms with Crippen molar-refractivity contribution >= 4 is 11.8 Å². The van der Waals surface area contributed by atoms with Crippen LogP contribution >= 0.6 is 0 Å². The van der Waals surface area contributed by atoms with Gasteiger partial charge in [-0.15, -0.1) is 0 Å². The summed E-state index contributed by atoms with van der Waals surface area (Å²) in [6.45, 7) is 6.14. The molecule has 0 aromatic rings. The minimum atomic E-state index is -0.0848. The fourth-order valence-electron chi connectivity index (χ4n) is 3.14. The summed E-state index contributed by atoms with van der Waals surface area (Å²) < 4.78 is 0. The highest BCUT2D eigenvalue weighted by Crippen LogP contribution is 2.40. The Bertz CT molecular complexity index is 413. The zero-order chi connectivity index (χ0) is 15.2. The van der Waals surface area contributed by atoms with Gasteiger partial charge in [0.15, 0.2) is 0 Å². The molecule has 118 valence electrons. The second-order valence-corrected chi connectivity index (χ2v) is 6.11. The number of allylic oxidation sites excluding steroid dienone is 1. The molecule has 2 aliphatic carbocycles. The van der Waals surface area contributed by atoms with Crippen molar-refractivity contribution in [2.75, 3.05) is 19.6 Å². The molecule has 0 aromatic carbocycles. The summed E-state index contributed by atoms with van der Waals surface area (Å²) in [6, 6.07) is 0. The van der Waals surface area contributed by atoms with Gasteiger partial charge in [0.25, 0.3) is 0 Å². The van der Waals surface area contributed by atoms with Crippen LogP contribution in [0.2, 0.25) is 0 Å². The maximum atomic E-state index is 12.1. The van der Waals surface area contributed by atoms with E-state index in [1.165, 1.54) is 31.3 Å². The third kappa shape index (κ3) is 4.32. The molecule has 0 spiro atoms. The first kappa shape index (κ1) is 16.1. The zero-order valence-electron chi connectivity index (χ0n) is 13.4. The van der Waals surface area contributed by atoms with Crippen molar-refractivity contribution in [2.45, 2.75) is 52.4 Å². The Balaban J connectivity index is 1.68. The number of amides is 2. The highest BCUT2D eigenvalue weighted by molar-refractivity contribution is 5.92. The van der Waals surface area contributed by atoms with Crippen LogP contribution in [-0.4, -0.2) is 36.3 Å². The van der Waals surface area contributed by atoms with E-state index in [1.54, 1.807) is 0 Å². The van der Waals surface area contributed by atoms with Gasteiger partial charge in [0.05, 0.1) is 11.8 Å². The second-order valence-electron chi connectivity index (χ2n) is 6.11. The molecule has 2 amide bonds. The molecule has 0 bridgehead atoms. The van der Waals surface area contributed by atoms with E-state index in [9.17, 15) is 9.59 Å². The van der Waals surface area contributed by atoms with Crippen molar-refractivity contribution < 1.29 is 9.59 Å². The summed E-state index contributed by atoms with van der Waals surface area (Å²) in [5.41, 5.74) is 1.48. The fraction of sp³-hybridized carbons (Fsp3) is 0.765. The topological polar surface area (TPSA) is 49.4 Å². The third-order valence-corrected chi connectivity index (χ3v) is 4.65. The van der Waals surface area contributed by atoms with E-state index in [-0.39, 0.29) is 23.7 Å². The van der Waals surface area contributed by atoms with Crippen molar-refractivity contribution in [3.63, 3.8) is 0 Å². The molecule has 0 aliphatic heterocycles. The van der Waals surface area contributed by atoms with Gasteiger partial charge in [-0.2, -0.15) is 0 Å². The lowest BCUT2D eigenvalue weighted by Crippen LogP contribution is -2.34. The summed E-state index contributed by atoms with van der Waals surface area (Å²) in [4.78, 5) is 26.0. The van der Waals surface area contributed by atoms with E-state index >= 15 is 0 Å². The van der Waals surface area contributed by atoms with Gasteiger partial charge in [-0.05, 0) is 52.4 Å². The van der Waals surface area contributed by atoms with Gasteiger partial charge in [0.2, 0.25) is 11.8 Å². The number of nitrogens with zero attached hydrogens (tertiary/aromatic N) is 1. The summed E-state index contributed by atoms with van der Waals surface area (Å²) >= 11 is 0. The zero-order valence-corrected chi connectivity index (χ0v) is 13.4.